The quantitative estimate of drug-likeness (QED) is 0.608. The first-order valence-electron chi connectivity index (χ1n) is 9.38. The number of carbonyl (C=O) groups is 1. The number of carbonyl (C=O) groups excluding carboxylic acids is 1. The molecule has 3 aromatic rings. The number of nitrogens with zero attached hydrogens (tertiary/aromatic N) is 5. The third kappa shape index (κ3) is 5.02. The summed E-state index contributed by atoms with van der Waals surface area (Å²) in [5, 5.41) is 10.3. The number of ether oxygens (including phenoxy) is 1. The minimum atomic E-state index is -0.368. The van der Waals surface area contributed by atoms with Crippen LogP contribution < -0.4 is 15.5 Å². The monoisotopic (exact) mass is 429 g/mol. The van der Waals surface area contributed by atoms with Crippen molar-refractivity contribution < 1.29 is 14.1 Å². The van der Waals surface area contributed by atoms with E-state index < -0.39 is 0 Å². The van der Waals surface area contributed by atoms with Crippen molar-refractivity contribution in [3.05, 3.63) is 52.6 Å². The highest BCUT2D eigenvalue weighted by molar-refractivity contribution is 6.30. The number of hydrogen-bond donors (Lipinski definition) is 2. The topological polar surface area (TPSA) is 118 Å². The van der Waals surface area contributed by atoms with Crippen molar-refractivity contribution in [2.45, 2.75) is 13.5 Å². The lowest BCUT2D eigenvalue weighted by Gasteiger charge is -2.27. The Kier molecular flexibility index (Phi) is 6.05. The van der Waals surface area contributed by atoms with Crippen LogP contribution in [0.1, 0.15) is 22.1 Å². The molecule has 0 spiro atoms. The van der Waals surface area contributed by atoms with Crippen LogP contribution in [-0.4, -0.2) is 52.3 Å². The van der Waals surface area contributed by atoms with E-state index in [2.05, 4.69) is 30.7 Å². The molecule has 1 fully saturated rings. The fourth-order valence-electron chi connectivity index (χ4n) is 2.83. The number of hydrogen-bond acceptors (Lipinski definition) is 9. The zero-order chi connectivity index (χ0) is 20.9. The molecule has 30 heavy (non-hydrogen) atoms. The van der Waals surface area contributed by atoms with Gasteiger partial charge in [-0.2, -0.15) is 15.0 Å². The third-order valence-corrected chi connectivity index (χ3v) is 4.58. The van der Waals surface area contributed by atoms with Gasteiger partial charge in [-0.1, -0.05) is 16.8 Å². The maximum atomic E-state index is 12.3. The summed E-state index contributed by atoms with van der Waals surface area (Å²) in [6.45, 7) is 4.38. The number of halogens is 1. The summed E-state index contributed by atoms with van der Waals surface area (Å²) >= 11 is 5.95. The Labute approximate surface area is 177 Å². The van der Waals surface area contributed by atoms with E-state index in [0.717, 1.165) is 5.69 Å². The van der Waals surface area contributed by atoms with Gasteiger partial charge in [0, 0.05) is 29.9 Å². The van der Waals surface area contributed by atoms with Gasteiger partial charge in [0.2, 0.25) is 11.9 Å². The molecular formula is C19H20ClN7O3. The Morgan fingerprint density at radius 2 is 1.93 bits per heavy atom. The SMILES string of the molecule is Cc1cc(C(=O)NCc2nc(Nc3ccc(Cl)cc3)nc(N3CCOCC3)n2)no1. The van der Waals surface area contributed by atoms with Crippen LogP contribution in [-0.2, 0) is 11.3 Å². The van der Waals surface area contributed by atoms with Crippen LogP contribution in [0.4, 0.5) is 17.6 Å². The minimum absolute atomic E-state index is 0.111. The van der Waals surface area contributed by atoms with Crippen LogP contribution in [0.25, 0.3) is 0 Å². The van der Waals surface area contributed by atoms with E-state index >= 15 is 0 Å². The van der Waals surface area contributed by atoms with Gasteiger partial charge in [-0.15, -0.1) is 0 Å². The summed E-state index contributed by atoms with van der Waals surface area (Å²) in [4.78, 5) is 27.8. The number of amides is 1. The van der Waals surface area contributed by atoms with Crippen LogP contribution >= 0.6 is 11.6 Å². The van der Waals surface area contributed by atoms with Crippen molar-refractivity contribution in [2.75, 3.05) is 36.5 Å². The van der Waals surface area contributed by atoms with Crippen molar-refractivity contribution in [3.63, 3.8) is 0 Å². The standard InChI is InChI=1S/C19H20ClN7O3/c1-12-10-15(26-30-12)17(28)21-11-16-23-18(22-14-4-2-13(20)3-5-14)25-19(24-16)27-6-8-29-9-7-27/h2-5,10H,6-9,11H2,1H3,(H,21,28)(H,22,23,24,25). The van der Waals surface area contributed by atoms with Gasteiger partial charge in [-0.25, -0.2) is 0 Å². The van der Waals surface area contributed by atoms with Crippen LogP contribution in [0.3, 0.4) is 0 Å². The highest BCUT2D eigenvalue weighted by Gasteiger charge is 2.18. The van der Waals surface area contributed by atoms with E-state index in [1.54, 1.807) is 25.1 Å². The van der Waals surface area contributed by atoms with E-state index in [1.165, 1.54) is 0 Å². The van der Waals surface area contributed by atoms with Crippen LogP contribution in [0.5, 0.6) is 0 Å². The summed E-state index contributed by atoms with van der Waals surface area (Å²) in [5.41, 5.74) is 0.987. The number of aromatic nitrogens is 4. The van der Waals surface area contributed by atoms with Gasteiger partial charge in [-0.3, -0.25) is 4.79 Å². The maximum Gasteiger partial charge on any atom is 0.273 e. The first-order chi connectivity index (χ1) is 14.6. The van der Waals surface area contributed by atoms with Gasteiger partial charge in [0.25, 0.3) is 5.91 Å². The molecule has 1 saturated heterocycles. The van der Waals surface area contributed by atoms with Gasteiger partial charge in [0.1, 0.15) is 5.76 Å². The summed E-state index contributed by atoms with van der Waals surface area (Å²) < 4.78 is 10.3. The molecule has 1 aliphatic heterocycles. The summed E-state index contributed by atoms with van der Waals surface area (Å²) in [7, 11) is 0. The zero-order valence-corrected chi connectivity index (χ0v) is 17.0. The highest BCUT2D eigenvalue weighted by atomic mass is 35.5. The Hall–Kier alpha value is -3.24. The van der Waals surface area contributed by atoms with Crippen molar-refractivity contribution in [1.29, 1.82) is 0 Å². The molecule has 10 nitrogen and oxygen atoms in total. The lowest BCUT2D eigenvalue weighted by molar-refractivity contribution is 0.0940. The molecular weight excluding hydrogens is 410 g/mol. The number of rotatable bonds is 6. The average Bonchev–Trinajstić information content (AvgIpc) is 3.20. The lowest BCUT2D eigenvalue weighted by Crippen LogP contribution is -2.38. The largest absolute Gasteiger partial charge is 0.378 e. The molecule has 0 unspecified atom stereocenters. The summed E-state index contributed by atoms with van der Waals surface area (Å²) in [6, 6.07) is 8.77. The molecule has 1 aromatic carbocycles. The molecule has 11 heteroatoms. The molecule has 0 radical (unpaired) electrons. The molecule has 2 N–H and O–H groups in total. The Bertz CT molecular complexity index is 1020. The molecule has 2 aromatic heterocycles. The molecule has 0 atom stereocenters. The Morgan fingerprint density at radius 3 is 2.63 bits per heavy atom. The fraction of sp³-hybridized carbons (Fsp3) is 0.316. The lowest BCUT2D eigenvalue weighted by atomic mass is 10.3. The Balaban J connectivity index is 1.54. The van der Waals surface area contributed by atoms with E-state index in [9.17, 15) is 4.79 Å². The number of anilines is 3. The normalized spacial score (nSPS) is 13.9. The summed E-state index contributed by atoms with van der Waals surface area (Å²) in [6.07, 6.45) is 0. The second-order valence-corrected chi connectivity index (χ2v) is 7.05. The van der Waals surface area contributed by atoms with Crippen LogP contribution in [0.15, 0.2) is 34.9 Å². The van der Waals surface area contributed by atoms with E-state index in [4.69, 9.17) is 20.9 Å². The zero-order valence-electron chi connectivity index (χ0n) is 16.3. The smallest absolute Gasteiger partial charge is 0.273 e. The van der Waals surface area contributed by atoms with E-state index in [1.807, 2.05) is 17.0 Å². The predicted octanol–water partition coefficient (Wildman–Crippen LogP) is 2.33. The second kappa shape index (κ2) is 9.06. The summed E-state index contributed by atoms with van der Waals surface area (Å²) in [5.74, 6) is 1.50. The van der Waals surface area contributed by atoms with Gasteiger partial charge >= 0.3 is 0 Å². The van der Waals surface area contributed by atoms with Gasteiger partial charge < -0.3 is 24.8 Å². The first-order valence-corrected chi connectivity index (χ1v) is 9.76. The molecule has 0 aliphatic carbocycles. The van der Waals surface area contributed by atoms with Crippen molar-refractivity contribution >= 4 is 35.1 Å². The molecule has 1 amide bonds. The third-order valence-electron chi connectivity index (χ3n) is 4.33. The van der Waals surface area contributed by atoms with Crippen molar-refractivity contribution in [1.82, 2.24) is 25.4 Å². The number of nitrogens with one attached hydrogen (secondary N) is 2. The first kappa shape index (κ1) is 20.0. The second-order valence-electron chi connectivity index (χ2n) is 6.61. The number of aryl methyl sites for hydroxylation is 1. The fourth-order valence-corrected chi connectivity index (χ4v) is 2.96. The molecule has 0 bridgehead atoms. The van der Waals surface area contributed by atoms with Crippen LogP contribution in [0, 0.1) is 6.92 Å². The van der Waals surface area contributed by atoms with E-state index in [-0.39, 0.29) is 18.1 Å². The number of morpholine rings is 1. The molecule has 4 rings (SSSR count). The van der Waals surface area contributed by atoms with Gasteiger partial charge in [0.15, 0.2) is 11.5 Å². The Morgan fingerprint density at radius 1 is 1.17 bits per heavy atom. The molecule has 0 saturated carbocycles. The highest BCUT2D eigenvalue weighted by Crippen LogP contribution is 2.19. The van der Waals surface area contributed by atoms with Gasteiger partial charge in [-0.05, 0) is 31.2 Å². The predicted molar refractivity (Wildman–Crippen MR) is 110 cm³/mol. The minimum Gasteiger partial charge on any atom is -0.378 e. The van der Waals surface area contributed by atoms with Crippen molar-refractivity contribution in [3.8, 4) is 0 Å². The molecule has 3 heterocycles. The van der Waals surface area contributed by atoms with Crippen molar-refractivity contribution in [2.24, 2.45) is 0 Å². The molecule has 1 aliphatic rings. The number of benzene rings is 1. The molecule has 156 valence electrons. The van der Waals surface area contributed by atoms with Crippen LogP contribution in [0.2, 0.25) is 5.02 Å². The van der Waals surface area contributed by atoms with Gasteiger partial charge in [0.05, 0.1) is 19.8 Å². The maximum absolute atomic E-state index is 12.3. The van der Waals surface area contributed by atoms with E-state index in [0.29, 0.717) is 54.8 Å². The average molecular weight is 430 g/mol.